The molecule has 0 aromatic carbocycles. The molecular formula is C7H12O4. The summed E-state index contributed by atoms with van der Waals surface area (Å²) in [6.45, 7) is 3.16. The number of hydrogen-bond acceptors (Lipinski definition) is 4. The third-order valence-electron chi connectivity index (χ3n) is 1.26. The molecule has 1 heterocycles. The Morgan fingerprint density at radius 2 is 2.45 bits per heavy atom. The number of ketones is 1. The normalized spacial score (nSPS) is 25.0. The lowest BCUT2D eigenvalue weighted by molar-refractivity contribution is -0.210. The van der Waals surface area contributed by atoms with E-state index >= 15 is 0 Å². The molecule has 64 valence electrons. The Morgan fingerprint density at radius 1 is 1.64 bits per heavy atom. The van der Waals surface area contributed by atoms with Gasteiger partial charge in [0.05, 0.1) is 19.8 Å². The van der Waals surface area contributed by atoms with Crippen molar-refractivity contribution in [3.05, 3.63) is 0 Å². The van der Waals surface area contributed by atoms with E-state index in [4.69, 9.17) is 14.2 Å². The monoisotopic (exact) mass is 160 g/mol. The van der Waals surface area contributed by atoms with E-state index in [1.807, 2.05) is 0 Å². The zero-order valence-electron chi connectivity index (χ0n) is 6.54. The first kappa shape index (κ1) is 8.64. The Morgan fingerprint density at radius 3 is 3.00 bits per heavy atom. The van der Waals surface area contributed by atoms with Gasteiger partial charge in [-0.1, -0.05) is 0 Å². The average Bonchev–Trinajstić information content (AvgIpc) is 2.03. The molecule has 0 aromatic rings. The third kappa shape index (κ3) is 3.46. The first-order chi connectivity index (χ1) is 5.29. The van der Waals surface area contributed by atoms with Crippen LogP contribution in [0.3, 0.4) is 0 Å². The maximum Gasteiger partial charge on any atom is 0.181 e. The summed E-state index contributed by atoms with van der Waals surface area (Å²) in [5, 5.41) is 0. The molecule has 1 unspecified atom stereocenters. The van der Waals surface area contributed by atoms with E-state index in [-0.39, 0.29) is 18.7 Å². The van der Waals surface area contributed by atoms with E-state index in [1.165, 1.54) is 6.92 Å². The maximum absolute atomic E-state index is 10.5. The minimum Gasteiger partial charge on any atom is -0.374 e. The molecule has 0 saturated carbocycles. The molecule has 0 bridgehead atoms. The average molecular weight is 160 g/mol. The Labute approximate surface area is 65.4 Å². The summed E-state index contributed by atoms with van der Waals surface area (Å²) in [6, 6.07) is 0. The second-order valence-corrected chi connectivity index (χ2v) is 2.39. The highest BCUT2D eigenvalue weighted by Gasteiger charge is 2.14. The first-order valence-electron chi connectivity index (χ1n) is 3.59. The molecule has 0 radical (unpaired) electrons. The van der Waals surface area contributed by atoms with Crippen LogP contribution in [0.5, 0.6) is 0 Å². The van der Waals surface area contributed by atoms with Gasteiger partial charge in [0.2, 0.25) is 0 Å². The van der Waals surface area contributed by atoms with Gasteiger partial charge in [0.1, 0.15) is 6.61 Å². The number of carbonyl (C=O) groups is 1. The van der Waals surface area contributed by atoms with Gasteiger partial charge in [-0.05, 0) is 6.92 Å². The van der Waals surface area contributed by atoms with Crippen LogP contribution >= 0.6 is 0 Å². The van der Waals surface area contributed by atoms with E-state index in [2.05, 4.69) is 0 Å². The number of ether oxygens (including phenoxy) is 3. The summed E-state index contributed by atoms with van der Waals surface area (Å²) in [5.41, 5.74) is 0. The van der Waals surface area contributed by atoms with Crippen molar-refractivity contribution in [3.8, 4) is 0 Å². The molecule has 0 aromatic heterocycles. The summed E-state index contributed by atoms with van der Waals surface area (Å²) < 4.78 is 15.2. The summed E-state index contributed by atoms with van der Waals surface area (Å²) in [7, 11) is 0. The van der Waals surface area contributed by atoms with E-state index < -0.39 is 0 Å². The van der Waals surface area contributed by atoms with Crippen LogP contribution in [0.25, 0.3) is 0 Å². The first-order valence-corrected chi connectivity index (χ1v) is 3.59. The minimum absolute atomic E-state index is 0.000765. The molecule has 0 N–H and O–H groups in total. The van der Waals surface area contributed by atoms with Crippen molar-refractivity contribution in [1.29, 1.82) is 0 Å². The van der Waals surface area contributed by atoms with Crippen molar-refractivity contribution in [2.24, 2.45) is 0 Å². The van der Waals surface area contributed by atoms with Gasteiger partial charge in [0, 0.05) is 0 Å². The molecule has 0 aliphatic carbocycles. The van der Waals surface area contributed by atoms with Crippen LogP contribution in [-0.2, 0) is 19.0 Å². The fourth-order valence-electron chi connectivity index (χ4n) is 0.773. The SMILES string of the molecule is CC(=O)COC1COCCO1. The molecule has 11 heavy (non-hydrogen) atoms. The van der Waals surface area contributed by atoms with Crippen LogP contribution < -0.4 is 0 Å². The van der Waals surface area contributed by atoms with Crippen LogP contribution in [0.1, 0.15) is 6.92 Å². The minimum atomic E-state index is -0.354. The van der Waals surface area contributed by atoms with E-state index in [0.717, 1.165) is 0 Å². The standard InChI is InChI=1S/C7H12O4/c1-6(8)4-11-7-5-9-2-3-10-7/h7H,2-5H2,1H3. The van der Waals surface area contributed by atoms with Gasteiger partial charge in [0.25, 0.3) is 0 Å². The molecule has 1 rings (SSSR count). The molecule has 0 amide bonds. The molecule has 1 aliphatic rings. The van der Waals surface area contributed by atoms with Gasteiger partial charge in [-0.3, -0.25) is 4.79 Å². The highest BCUT2D eigenvalue weighted by molar-refractivity contribution is 5.76. The summed E-state index contributed by atoms with van der Waals surface area (Å²) >= 11 is 0. The zero-order chi connectivity index (χ0) is 8.10. The van der Waals surface area contributed by atoms with E-state index in [1.54, 1.807) is 0 Å². The van der Waals surface area contributed by atoms with Gasteiger partial charge >= 0.3 is 0 Å². The third-order valence-corrected chi connectivity index (χ3v) is 1.26. The van der Waals surface area contributed by atoms with Crippen LogP contribution in [-0.4, -0.2) is 38.5 Å². The molecule has 0 spiro atoms. The van der Waals surface area contributed by atoms with Gasteiger partial charge in [-0.25, -0.2) is 0 Å². The van der Waals surface area contributed by atoms with Crippen LogP contribution in [0.4, 0.5) is 0 Å². The van der Waals surface area contributed by atoms with Crippen LogP contribution in [0.15, 0.2) is 0 Å². The topological polar surface area (TPSA) is 44.8 Å². The number of Topliss-reactive ketones (excluding diaryl/α,β-unsaturated/α-hetero) is 1. The van der Waals surface area contributed by atoms with Crippen LogP contribution in [0.2, 0.25) is 0 Å². The molecular weight excluding hydrogens is 148 g/mol. The van der Waals surface area contributed by atoms with Gasteiger partial charge in [0.15, 0.2) is 12.1 Å². The summed E-state index contributed by atoms with van der Waals surface area (Å²) in [5.74, 6) is -0.000765. The van der Waals surface area contributed by atoms with E-state index in [0.29, 0.717) is 19.8 Å². The Balaban J connectivity index is 2.09. The maximum atomic E-state index is 10.5. The van der Waals surface area contributed by atoms with Gasteiger partial charge < -0.3 is 14.2 Å². The second kappa shape index (κ2) is 4.43. The van der Waals surface area contributed by atoms with Crippen molar-refractivity contribution in [2.45, 2.75) is 13.2 Å². The lowest BCUT2D eigenvalue weighted by atomic mass is 10.5. The smallest absolute Gasteiger partial charge is 0.181 e. The molecule has 1 saturated heterocycles. The highest BCUT2D eigenvalue weighted by atomic mass is 16.7. The van der Waals surface area contributed by atoms with Gasteiger partial charge in [-0.2, -0.15) is 0 Å². The fourth-order valence-corrected chi connectivity index (χ4v) is 0.773. The predicted molar refractivity (Wildman–Crippen MR) is 37.2 cm³/mol. The Kier molecular flexibility index (Phi) is 3.48. The molecule has 4 heteroatoms. The van der Waals surface area contributed by atoms with Crippen LogP contribution in [0, 0.1) is 0 Å². The highest BCUT2D eigenvalue weighted by Crippen LogP contribution is 2.01. The molecule has 4 nitrogen and oxygen atoms in total. The lowest BCUT2D eigenvalue weighted by Gasteiger charge is -2.22. The number of carbonyl (C=O) groups excluding carboxylic acids is 1. The van der Waals surface area contributed by atoms with Crippen molar-refractivity contribution in [2.75, 3.05) is 26.4 Å². The quantitative estimate of drug-likeness (QED) is 0.581. The van der Waals surface area contributed by atoms with Gasteiger partial charge in [-0.15, -0.1) is 0 Å². The number of rotatable bonds is 3. The molecule has 1 atom stereocenters. The molecule has 1 aliphatic heterocycles. The van der Waals surface area contributed by atoms with Crippen molar-refractivity contribution in [1.82, 2.24) is 0 Å². The Bertz CT molecular complexity index is 128. The van der Waals surface area contributed by atoms with Crippen molar-refractivity contribution in [3.63, 3.8) is 0 Å². The van der Waals surface area contributed by atoms with E-state index in [9.17, 15) is 4.79 Å². The lowest BCUT2D eigenvalue weighted by Crippen LogP contribution is -2.32. The number of hydrogen-bond donors (Lipinski definition) is 0. The molecule has 1 fully saturated rings. The zero-order valence-corrected chi connectivity index (χ0v) is 6.54. The summed E-state index contributed by atoms with van der Waals surface area (Å²) in [6.07, 6.45) is -0.354. The predicted octanol–water partition coefficient (Wildman–Crippen LogP) is -0.0351. The Hall–Kier alpha value is -0.450. The fraction of sp³-hybridized carbons (Fsp3) is 0.857. The largest absolute Gasteiger partial charge is 0.374 e. The van der Waals surface area contributed by atoms with Crippen molar-refractivity contribution < 1.29 is 19.0 Å². The van der Waals surface area contributed by atoms with Crippen molar-refractivity contribution >= 4 is 5.78 Å². The summed E-state index contributed by atoms with van der Waals surface area (Å²) in [4.78, 5) is 10.5. The second-order valence-electron chi connectivity index (χ2n) is 2.39.